The second-order valence-corrected chi connectivity index (χ2v) is 6.10. The molecule has 3 aromatic rings. The summed E-state index contributed by atoms with van der Waals surface area (Å²) in [5.41, 5.74) is 1.09. The minimum absolute atomic E-state index is 0.255. The summed E-state index contributed by atoms with van der Waals surface area (Å²) >= 11 is 0. The zero-order chi connectivity index (χ0) is 16.4. The monoisotopic (exact) mass is 324 g/mol. The van der Waals surface area contributed by atoms with E-state index >= 15 is 0 Å². The van der Waals surface area contributed by atoms with Gasteiger partial charge in [0.15, 0.2) is 0 Å². The first-order chi connectivity index (χ1) is 11.8. The van der Waals surface area contributed by atoms with Gasteiger partial charge in [-0.1, -0.05) is 29.7 Å². The Labute approximate surface area is 139 Å². The fraction of sp³-hybridized carbons (Fsp3) is 0.278. The Morgan fingerprint density at radius 2 is 1.92 bits per heavy atom. The highest BCUT2D eigenvalue weighted by molar-refractivity contribution is 5.52. The molecular weight excluding hydrogens is 307 g/mol. The Morgan fingerprint density at radius 3 is 2.62 bits per heavy atom. The van der Waals surface area contributed by atoms with Crippen molar-refractivity contribution in [3.63, 3.8) is 0 Å². The molecule has 1 aromatic carbocycles. The number of hydrogen-bond donors (Lipinski definition) is 1. The second-order valence-electron chi connectivity index (χ2n) is 6.10. The van der Waals surface area contributed by atoms with Gasteiger partial charge in [0, 0.05) is 23.7 Å². The number of halogens is 1. The minimum Gasteiger partial charge on any atom is -0.403 e. The molecule has 0 amide bonds. The van der Waals surface area contributed by atoms with E-state index in [4.69, 9.17) is 4.42 Å². The molecule has 1 aliphatic rings. The number of hydrogen-bond acceptors (Lipinski definition) is 5. The van der Waals surface area contributed by atoms with Crippen LogP contribution in [0.15, 0.2) is 53.1 Å². The van der Waals surface area contributed by atoms with Gasteiger partial charge in [-0.2, -0.15) is 0 Å². The third kappa shape index (κ3) is 2.64. The number of rotatable bonds is 5. The van der Waals surface area contributed by atoms with Crippen LogP contribution in [-0.2, 0) is 5.41 Å². The highest BCUT2D eigenvalue weighted by Crippen LogP contribution is 2.43. The van der Waals surface area contributed by atoms with Crippen LogP contribution < -0.4 is 5.32 Å². The number of pyridine rings is 1. The van der Waals surface area contributed by atoms with Crippen LogP contribution in [0.2, 0.25) is 0 Å². The minimum atomic E-state index is -0.299. The van der Waals surface area contributed by atoms with Crippen molar-refractivity contribution in [2.24, 2.45) is 0 Å². The molecule has 1 fully saturated rings. The Kier molecular flexibility index (Phi) is 3.72. The molecule has 1 N–H and O–H groups in total. The maximum atomic E-state index is 14.1. The van der Waals surface area contributed by atoms with Gasteiger partial charge in [0.25, 0.3) is 0 Å². The van der Waals surface area contributed by atoms with Gasteiger partial charge >= 0.3 is 6.01 Å². The van der Waals surface area contributed by atoms with E-state index in [9.17, 15) is 4.39 Å². The number of nitrogens with zero attached hydrogens (tertiary/aromatic N) is 3. The molecule has 2 heterocycles. The van der Waals surface area contributed by atoms with Crippen molar-refractivity contribution in [1.82, 2.24) is 15.2 Å². The second kappa shape index (κ2) is 6.03. The summed E-state index contributed by atoms with van der Waals surface area (Å²) in [6.45, 7) is 0.525. The van der Waals surface area contributed by atoms with Crippen molar-refractivity contribution < 1.29 is 8.81 Å². The molecule has 24 heavy (non-hydrogen) atoms. The Morgan fingerprint density at radius 1 is 1.08 bits per heavy atom. The van der Waals surface area contributed by atoms with Gasteiger partial charge in [-0.25, -0.2) is 4.39 Å². The van der Waals surface area contributed by atoms with Crippen molar-refractivity contribution >= 4 is 6.01 Å². The molecule has 0 bridgehead atoms. The normalized spacial score (nSPS) is 15.7. The summed E-state index contributed by atoms with van der Waals surface area (Å²) in [7, 11) is 0. The van der Waals surface area contributed by atoms with E-state index in [1.807, 2.05) is 30.3 Å². The molecule has 2 aromatic heterocycles. The Bertz CT molecular complexity index is 830. The van der Waals surface area contributed by atoms with Gasteiger partial charge < -0.3 is 9.73 Å². The van der Waals surface area contributed by atoms with Crippen molar-refractivity contribution in [2.75, 3.05) is 11.9 Å². The van der Waals surface area contributed by atoms with Crippen molar-refractivity contribution in [3.8, 4) is 11.5 Å². The molecule has 5 nitrogen and oxygen atoms in total. The fourth-order valence-corrected chi connectivity index (χ4v) is 3.11. The summed E-state index contributed by atoms with van der Waals surface area (Å²) in [5, 5.41) is 11.2. The van der Waals surface area contributed by atoms with Crippen LogP contribution in [0.1, 0.15) is 25.0 Å². The van der Waals surface area contributed by atoms with E-state index in [1.165, 1.54) is 6.07 Å². The quantitative estimate of drug-likeness (QED) is 0.773. The van der Waals surface area contributed by atoms with E-state index in [-0.39, 0.29) is 11.2 Å². The smallest absolute Gasteiger partial charge is 0.315 e. The molecule has 6 heteroatoms. The fourth-order valence-electron chi connectivity index (χ4n) is 3.11. The number of benzene rings is 1. The molecule has 122 valence electrons. The van der Waals surface area contributed by atoms with Gasteiger partial charge in [-0.05, 0) is 37.1 Å². The lowest BCUT2D eigenvalue weighted by atomic mass is 9.66. The van der Waals surface area contributed by atoms with Crippen LogP contribution >= 0.6 is 0 Å². The molecule has 4 rings (SSSR count). The Hall–Kier alpha value is -2.76. The maximum Gasteiger partial charge on any atom is 0.315 e. The lowest BCUT2D eigenvalue weighted by Gasteiger charge is -2.41. The van der Waals surface area contributed by atoms with Gasteiger partial charge in [-0.3, -0.25) is 4.98 Å². The lowest BCUT2D eigenvalue weighted by Crippen LogP contribution is -2.42. The van der Waals surface area contributed by atoms with Crippen LogP contribution in [0, 0.1) is 5.82 Å². The third-order valence-electron chi connectivity index (χ3n) is 4.60. The van der Waals surface area contributed by atoms with E-state index in [2.05, 4.69) is 20.5 Å². The van der Waals surface area contributed by atoms with E-state index in [0.29, 0.717) is 24.1 Å². The zero-order valence-corrected chi connectivity index (χ0v) is 13.1. The topological polar surface area (TPSA) is 63.8 Å². The van der Waals surface area contributed by atoms with Crippen molar-refractivity contribution in [2.45, 2.75) is 24.7 Å². The first-order valence-corrected chi connectivity index (χ1v) is 8.01. The first kappa shape index (κ1) is 14.8. The van der Waals surface area contributed by atoms with E-state index in [0.717, 1.165) is 24.8 Å². The van der Waals surface area contributed by atoms with Gasteiger partial charge in [0.05, 0.1) is 5.69 Å². The van der Waals surface area contributed by atoms with Crippen molar-refractivity contribution in [3.05, 3.63) is 60.2 Å². The van der Waals surface area contributed by atoms with Crippen LogP contribution in [0.4, 0.5) is 10.4 Å². The van der Waals surface area contributed by atoms with Gasteiger partial charge in [-0.15, -0.1) is 5.10 Å². The lowest BCUT2D eigenvalue weighted by molar-refractivity contribution is 0.242. The SMILES string of the molecule is Fc1cccnc1C1(CNc2nnc(-c3ccccc3)o2)CCC1. The maximum absolute atomic E-state index is 14.1. The van der Waals surface area contributed by atoms with Crippen molar-refractivity contribution in [1.29, 1.82) is 0 Å². The van der Waals surface area contributed by atoms with Crippen LogP contribution in [0.5, 0.6) is 0 Å². The number of aromatic nitrogens is 3. The van der Waals surface area contributed by atoms with Gasteiger partial charge in [0.2, 0.25) is 5.89 Å². The Balaban J connectivity index is 1.50. The predicted molar refractivity (Wildman–Crippen MR) is 87.9 cm³/mol. The van der Waals surface area contributed by atoms with E-state index < -0.39 is 0 Å². The predicted octanol–water partition coefficient (Wildman–Crippen LogP) is 3.80. The molecule has 0 atom stereocenters. The largest absolute Gasteiger partial charge is 0.403 e. The molecule has 0 saturated heterocycles. The number of anilines is 1. The summed E-state index contributed by atoms with van der Waals surface area (Å²) in [6.07, 6.45) is 4.50. The first-order valence-electron chi connectivity index (χ1n) is 8.01. The molecular formula is C18H17FN4O. The summed E-state index contributed by atoms with van der Waals surface area (Å²) in [4.78, 5) is 4.26. The average molecular weight is 324 g/mol. The highest BCUT2D eigenvalue weighted by Gasteiger charge is 2.42. The highest BCUT2D eigenvalue weighted by atomic mass is 19.1. The van der Waals surface area contributed by atoms with Crippen LogP contribution in [0.3, 0.4) is 0 Å². The van der Waals surface area contributed by atoms with Gasteiger partial charge in [0.1, 0.15) is 5.82 Å². The molecule has 0 unspecified atom stereocenters. The number of nitrogens with one attached hydrogen (secondary N) is 1. The summed E-state index contributed by atoms with van der Waals surface area (Å²) in [6, 6.07) is 13.0. The molecule has 0 radical (unpaired) electrons. The molecule has 0 aliphatic heterocycles. The molecule has 1 saturated carbocycles. The molecule has 0 spiro atoms. The van der Waals surface area contributed by atoms with Crippen LogP contribution in [-0.4, -0.2) is 21.7 Å². The zero-order valence-electron chi connectivity index (χ0n) is 13.1. The van der Waals surface area contributed by atoms with E-state index in [1.54, 1.807) is 12.3 Å². The third-order valence-corrected chi connectivity index (χ3v) is 4.60. The standard InChI is InChI=1S/C18H17FN4O/c19-14-8-4-11-20-15(14)18(9-5-10-18)12-21-17-23-22-16(24-17)13-6-2-1-3-7-13/h1-4,6-8,11H,5,9-10,12H2,(H,21,23). The molecule has 1 aliphatic carbocycles. The summed E-state index contributed by atoms with van der Waals surface area (Å²) in [5.74, 6) is 0.208. The van der Waals surface area contributed by atoms with Crippen LogP contribution in [0.25, 0.3) is 11.5 Å². The average Bonchev–Trinajstić information content (AvgIpc) is 3.05. The summed E-state index contributed by atoms with van der Waals surface area (Å²) < 4.78 is 19.8.